The fraction of sp³-hybridized carbons (Fsp3) is 0.533. The second-order valence-electron chi connectivity index (χ2n) is 6.43. The van der Waals surface area contributed by atoms with Crippen molar-refractivity contribution in [1.29, 1.82) is 0 Å². The highest BCUT2D eigenvalue weighted by Crippen LogP contribution is 2.32. The summed E-state index contributed by atoms with van der Waals surface area (Å²) in [5.41, 5.74) is 0.496. The number of nitro benzene ring substituents is 1. The van der Waals surface area contributed by atoms with Gasteiger partial charge in [0.25, 0.3) is 11.6 Å². The van der Waals surface area contributed by atoms with Gasteiger partial charge in [0.15, 0.2) is 0 Å². The average Bonchev–Trinajstić information content (AvgIpc) is 2.82. The van der Waals surface area contributed by atoms with E-state index in [1.165, 1.54) is 11.0 Å². The lowest BCUT2D eigenvalue weighted by molar-refractivity contribution is -0.386. The van der Waals surface area contributed by atoms with E-state index < -0.39 is 11.0 Å². The van der Waals surface area contributed by atoms with E-state index in [2.05, 4.69) is 0 Å². The Hall–Kier alpha value is -1.95. The number of β-amino-alcohol motifs (C(OH)–C–C–N with tert-alkyl or cyclic N) is 1. The van der Waals surface area contributed by atoms with E-state index >= 15 is 0 Å². The second kappa shape index (κ2) is 5.44. The van der Waals surface area contributed by atoms with Crippen LogP contribution in [0.3, 0.4) is 0 Å². The Morgan fingerprint density at radius 2 is 2.10 bits per heavy atom. The van der Waals surface area contributed by atoms with Crippen molar-refractivity contribution >= 4 is 11.6 Å². The number of benzene rings is 1. The smallest absolute Gasteiger partial charge is 0.273 e. The van der Waals surface area contributed by atoms with E-state index in [0.29, 0.717) is 24.1 Å². The van der Waals surface area contributed by atoms with E-state index in [-0.39, 0.29) is 23.6 Å². The van der Waals surface area contributed by atoms with Gasteiger partial charge in [0.05, 0.1) is 11.0 Å². The number of likely N-dealkylation sites (tertiary alicyclic amines) is 1. The molecule has 0 bridgehead atoms. The van der Waals surface area contributed by atoms with Gasteiger partial charge in [0.1, 0.15) is 0 Å². The van der Waals surface area contributed by atoms with Crippen LogP contribution < -0.4 is 0 Å². The van der Waals surface area contributed by atoms with Crippen LogP contribution in [-0.2, 0) is 5.41 Å². The van der Waals surface area contributed by atoms with E-state index in [9.17, 15) is 20.0 Å². The molecule has 1 aromatic carbocycles. The highest BCUT2D eigenvalue weighted by Gasteiger charge is 2.29. The first-order chi connectivity index (χ1) is 9.70. The summed E-state index contributed by atoms with van der Waals surface area (Å²) in [4.78, 5) is 24.7. The van der Waals surface area contributed by atoms with Crippen molar-refractivity contribution in [3.8, 4) is 0 Å². The molecule has 6 heteroatoms. The minimum atomic E-state index is -0.502. The summed E-state index contributed by atoms with van der Waals surface area (Å²) < 4.78 is 0. The number of carbonyl (C=O) groups is 1. The van der Waals surface area contributed by atoms with Gasteiger partial charge < -0.3 is 10.0 Å². The van der Waals surface area contributed by atoms with Gasteiger partial charge in [-0.2, -0.15) is 0 Å². The van der Waals surface area contributed by atoms with Gasteiger partial charge in [-0.1, -0.05) is 26.8 Å². The monoisotopic (exact) mass is 292 g/mol. The first kappa shape index (κ1) is 15.4. The van der Waals surface area contributed by atoms with E-state index in [1.807, 2.05) is 20.8 Å². The standard InChI is InChI=1S/C15H20N2O4/c1-15(2,3)12-5-4-10(8-13(12)17(20)21)14(19)16-7-6-11(18)9-16/h4-5,8,11,18H,6-7,9H2,1-3H3/t11-/m1/s1. The lowest BCUT2D eigenvalue weighted by Crippen LogP contribution is -2.29. The topological polar surface area (TPSA) is 83.7 Å². The molecule has 1 N–H and O–H groups in total. The summed E-state index contributed by atoms with van der Waals surface area (Å²) in [6.45, 7) is 6.46. The zero-order valence-corrected chi connectivity index (χ0v) is 12.5. The van der Waals surface area contributed by atoms with E-state index in [0.717, 1.165) is 0 Å². The number of hydrogen-bond donors (Lipinski definition) is 1. The van der Waals surface area contributed by atoms with Gasteiger partial charge in [0, 0.05) is 30.3 Å². The van der Waals surface area contributed by atoms with E-state index in [1.54, 1.807) is 12.1 Å². The van der Waals surface area contributed by atoms with Gasteiger partial charge in [-0.05, 0) is 17.9 Å². The minimum Gasteiger partial charge on any atom is -0.391 e. The third kappa shape index (κ3) is 3.21. The van der Waals surface area contributed by atoms with E-state index in [4.69, 9.17) is 0 Å². The predicted molar refractivity (Wildman–Crippen MR) is 78.3 cm³/mol. The van der Waals surface area contributed by atoms with Crippen LogP contribution in [0.25, 0.3) is 0 Å². The Kier molecular flexibility index (Phi) is 4.00. The number of aliphatic hydroxyl groups is 1. The number of nitro groups is 1. The largest absolute Gasteiger partial charge is 0.391 e. The SMILES string of the molecule is CC(C)(C)c1ccc(C(=O)N2CC[C@@H](O)C2)cc1[N+](=O)[O-]. The number of nitrogens with zero attached hydrogens (tertiary/aromatic N) is 2. The molecule has 0 saturated carbocycles. The average molecular weight is 292 g/mol. The molecule has 21 heavy (non-hydrogen) atoms. The molecule has 1 aromatic rings. The molecule has 0 radical (unpaired) electrons. The van der Waals surface area contributed by atoms with Gasteiger partial charge in [0.2, 0.25) is 0 Å². The maximum Gasteiger partial charge on any atom is 0.273 e. The van der Waals surface area contributed by atoms with Crippen LogP contribution in [0.4, 0.5) is 5.69 Å². The van der Waals surface area contributed by atoms with Crippen molar-refractivity contribution in [2.45, 2.75) is 38.7 Å². The molecule has 6 nitrogen and oxygen atoms in total. The van der Waals surface area contributed by atoms with Gasteiger partial charge >= 0.3 is 0 Å². The molecular formula is C15H20N2O4. The van der Waals surface area contributed by atoms with Crippen LogP contribution in [0.5, 0.6) is 0 Å². The van der Waals surface area contributed by atoms with Crippen molar-refractivity contribution in [2.24, 2.45) is 0 Å². The molecule has 0 spiro atoms. The zero-order chi connectivity index (χ0) is 15.8. The summed E-state index contributed by atoms with van der Waals surface area (Å²) in [7, 11) is 0. The number of aliphatic hydroxyl groups excluding tert-OH is 1. The van der Waals surface area contributed by atoms with Crippen LogP contribution in [0, 0.1) is 10.1 Å². The van der Waals surface area contributed by atoms with Gasteiger partial charge in [-0.25, -0.2) is 0 Å². The number of carbonyl (C=O) groups excluding carboxylic acids is 1. The summed E-state index contributed by atoms with van der Waals surface area (Å²) in [5, 5.41) is 20.7. The Morgan fingerprint density at radius 3 is 2.57 bits per heavy atom. The first-order valence-corrected chi connectivity index (χ1v) is 6.96. The predicted octanol–water partition coefficient (Wildman–Crippen LogP) is 2.10. The summed E-state index contributed by atoms with van der Waals surface area (Å²) in [6.07, 6.45) is 0.0475. The third-order valence-corrected chi connectivity index (χ3v) is 3.70. The Bertz CT molecular complexity index is 578. The molecule has 0 unspecified atom stereocenters. The number of amides is 1. The Labute approximate surface area is 123 Å². The molecule has 1 aliphatic rings. The molecule has 1 saturated heterocycles. The van der Waals surface area contributed by atoms with Crippen LogP contribution in [0.1, 0.15) is 43.1 Å². The van der Waals surface area contributed by atoms with Gasteiger partial charge in [-0.15, -0.1) is 0 Å². The third-order valence-electron chi connectivity index (χ3n) is 3.70. The quantitative estimate of drug-likeness (QED) is 0.668. The van der Waals surface area contributed by atoms with Crippen LogP contribution in [0.2, 0.25) is 0 Å². The van der Waals surface area contributed by atoms with Crippen LogP contribution in [-0.4, -0.2) is 40.0 Å². The molecule has 1 atom stereocenters. The molecule has 2 rings (SSSR count). The van der Waals surface area contributed by atoms with Crippen molar-refractivity contribution in [3.63, 3.8) is 0 Å². The lowest BCUT2D eigenvalue weighted by atomic mass is 9.85. The maximum atomic E-state index is 12.3. The molecular weight excluding hydrogens is 272 g/mol. The zero-order valence-electron chi connectivity index (χ0n) is 12.5. The summed E-state index contributed by atoms with van der Waals surface area (Å²) >= 11 is 0. The molecule has 1 fully saturated rings. The molecule has 0 aliphatic carbocycles. The molecule has 1 heterocycles. The fourth-order valence-corrected chi connectivity index (χ4v) is 2.56. The molecule has 1 amide bonds. The minimum absolute atomic E-state index is 0.0342. The Morgan fingerprint density at radius 1 is 1.43 bits per heavy atom. The van der Waals surface area contributed by atoms with Gasteiger partial charge in [-0.3, -0.25) is 14.9 Å². The van der Waals surface area contributed by atoms with Crippen molar-refractivity contribution in [2.75, 3.05) is 13.1 Å². The first-order valence-electron chi connectivity index (χ1n) is 6.96. The highest BCUT2D eigenvalue weighted by molar-refractivity contribution is 5.95. The van der Waals surface area contributed by atoms with Crippen LogP contribution in [0.15, 0.2) is 18.2 Å². The molecule has 114 valence electrons. The fourth-order valence-electron chi connectivity index (χ4n) is 2.56. The highest BCUT2D eigenvalue weighted by atomic mass is 16.6. The second-order valence-corrected chi connectivity index (χ2v) is 6.43. The molecule has 1 aliphatic heterocycles. The number of rotatable bonds is 2. The van der Waals surface area contributed by atoms with Crippen molar-refractivity contribution in [3.05, 3.63) is 39.4 Å². The lowest BCUT2D eigenvalue weighted by Gasteiger charge is -2.20. The van der Waals surface area contributed by atoms with Crippen LogP contribution >= 0.6 is 0 Å². The van der Waals surface area contributed by atoms with Crippen molar-refractivity contribution < 1.29 is 14.8 Å². The molecule has 0 aromatic heterocycles. The summed E-state index contributed by atoms with van der Waals surface area (Å²) in [6, 6.07) is 4.62. The normalized spacial score (nSPS) is 18.9. The van der Waals surface area contributed by atoms with Crippen molar-refractivity contribution in [1.82, 2.24) is 4.90 Å². The number of hydrogen-bond acceptors (Lipinski definition) is 4. The Balaban J connectivity index is 2.36. The maximum absolute atomic E-state index is 12.3. The summed E-state index contributed by atoms with van der Waals surface area (Å²) in [5.74, 6) is -0.268.